The zero-order chi connectivity index (χ0) is 22.1. The Morgan fingerprint density at radius 1 is 0.903 bits per heavy atom. The molecule has 3 rings (SSSR count). The van der Waals surface area contributed by atoms with E-state index in [1.807, 2.05) is 54.6 Å². The lowest BCUT2D eigenvalue weighted by atomic mass is 10.1. The molecule has 0 aliphatic carbocycles. The largest absolute Gasteiger partial charge is 0.497 e. The molecule has 0 saturated heterocycles. The van der Waals surface area contributed by atoms with Crippen LogP contribution in [0, 0.1) is 0 Å². The molecule has 0 bridgehead atoms. The Morgan fingerprint density at radius 3 is 2.32 bits per heavy atom. The molecule has 0 atom stereocenters. The second kappa shape index (κ2) is 11.2. The monoisotopic (exact) mass is 439 g/mol. The molecule has 0 aliphatic rings. The van der Waals surface area contributed by atoms with E-state index in [9.17, 15) is 4.79 Å². The van der Waals surface area contributed by atoms with Crippen molar-refractivity contribution < 1.29 is 19.0 Å². The van der Waals surface area contributed by atoms with E-state index in [2.05, 4.69) is 15.5 Å². The molecule has 1 N–H and O–H groups in total. The topological polar surface area (TPSA) is 82.6 Å². The minimum Gasteiger partial charge on any atom is -0.497 e. The lowest BCUT2D eigenvalue weighted by molar-refractivity contribution is -0.118. The second-order valence-corrected chi connectivity index (χ2v) is 7.56. The summed E-state index contributed by atoms with van der Waals surface area (Å²) in [6.07, 6.45) is 0.702. The van der Waals surface area contributed by atoms with Gasteiger partial charge in [0.2, 0.25) is 5.91 Å². The van der Waals surface area contributed by atoms with Gasteiger partial charge in [-0.05, 0) is 60.5 Å². The molecule has 0 aliphatic heterocycles. The van der Waals surface area contributed by atoms with Gasteiger partial charge in [-0.25, -0.2) is 0 Å². The number of aromatic nitrogens is 2. The van der Waals surface area contributed by atoms with E-state index >= 15 is 0 Å². The molecule has 3 aromatic rings. The third-order valence-electron chi connectivity index (χ3n) is 4.56. The highest BCUT2D eigenvalue weighted by Gasteiger charge is 2.08. The van der Waals surface area contributed by atoms with Crippen LogP contribution in [0.2, 0.25) is 0 Å². The van der Waals surface area contributed by atoms with Crippen LogP contribution in [0.25, 0.3) is 11.3 Å². The van der Waals surface area contributed by atoms with Crippen LogP contribution in [0.5, 0.6) is 17.2 Å². The number of carbonyl (C=O) groups is 1. The van der Waals surface area contributed by atoms with Gasteiger partial charge in [-0.1, -0.05) is 17.8 Å². The van der Waals surface area contributed by atoms with Crippen molar-refractivity contribution in [1.29, 1.82) is 0 Å². The SMILES string of the molecule is COc1ccc(-c2ccc(SCC(=O)NCCc3ccc(OC)c(OC)c3)nn2)cc1. The summed E-state index contributed by atoms with van der Waals surface area (Å²) in [6, 6.07) is 17.1. The van der Waals surface area contributed by atoms with Crippen LogP contribution in [0.1, 0.15) is 5.56 Å². The van der Waals surface area contributed by atoms with Crippen molar-refractivity contribution in [3.8, 4) is 28.5 Å². The predicted molar refractivity (Wildman–Crippen MR) is 121 cm³/mol. The molecule has 7 nitrogen and oxygen atoms in total. The number of methoxy groups -OCH3 is 3. The first kappa shape index (κ1) is 22.4. The summed E-state index contributed by atoms with van der Waals surface area (Å²) in [5.74, 6) is 2.39. The van der Waals surface area contributed by atoms with E-state index in [0.29, 0.717) is 29.5 Å². The predicted octanol–water partition coefficient (Wildman–Crippen LogP) is 3.62. The molecule has 1 heterocycles. The molecule has 0 fully saturated rings. The molecular formula is C23H25N3O4S. The van der Waals surface area contributed by atoms with E-state index in [4.69, 9.17) is 14.2 Å². The van der Waals surface area contributed by atoms with Gasteiger partial charge in [0.1, 0.15) is 10.8 Å². The smallest absolute Gasteiger partial charge is 0.230 e. The third kappa shape index (κ3) is 6.36. The summed E-state index contributed by atoms with van der Waals surface area (Å²) in [5, 5.41) is 12.1. The van der Waals surface area contributed by atoms with Crippen molar-refractivity contribution in [2.75, 3.05) is 33.6 Å². The van der Waals surface area contributed by atoms with Gasteiger partial charge >= 0.3 is 0 Å². The fraction of sp³-hybridized carbons (Fsp3) is 0.261. The minimum atomic E-state index is -0.0495. The molecule has 162 valence electrons. The summed E-state index contributed by atoms with van der Waals surface area (Å²) in [7, 11) is 4.84. The number of hydrogen-bond donors (Lipinski definition) is 1. The van der Waals surface area contributed by atoms with Gasteiger partial charge in [0, 0.05) is 12.1 Å². The van der Waals surface area contributed by atoms with E-state index in [1.54, 1.807) is 21.3 Å². The van der Waals surface area contributed by atoms with Gasteiger partial charge in [0.05, 0.1) is 32.8 Å². The number of carbonyl (C=O) groups excluding carboxylic acids is 1. The summed E-state index contributed by atoms with van der Waals surface area (Å²) in [6.45, 7) is 0.539. The first-order chi connectivity index (χ1) is 15.1. The minimum absolute atomic E-state index is 0.0495. The second-order valence-electron chi connectivity index (χ2n) is 6.56. The molecular weight excluding hydrogens is 414 g/mol. The fourth-order valence-corrected chi connectivity index (χ4v) is 3.53. The number of nitrogens with one attached hydrogen (secondary N) is 1. The van der Waals surface area contributed by atoms with E-state index in [0.717, 1.165) is 22.6 Å². The molecule has 1 amide bonds. The number of ether oxygens (including phenoxy) is 3. The van der Waals surface area contributed by atoms with Crippen LogP contribution in [-0.2, 0) is 11.2 Å². The van der Waals surface area contributed by atoms with Crippen LogP contribution in [0.4, 0.5) is 0 Å². The van der Waals surface area contributed by atoms with Crippen molar-refractivity contribution in [2.45, 2.75) is 11.4 Å². The normalized spacial score (nSPS) is 10.4. The Labute approximate surface area is 186 Å². The van der Waals surface area contributed by atoms with Gasteiger partial charge in [-0.2, -0.15) is 0 Å². The lowest BCUT2D eigenvalue weighted by Crippen LogP contribution is -2.27. The van der Waals surface area contributed by atoms with Crippen molar-refractivity contribution in [2.24, 2.45) is 0 Å². The van der Waals surface area contributed by atoms with Crippen molar-refractivity contribution in [1.82, 2.24) is 15.5 Å². The Balaban J connectivity index is 1.44. The first-order valence-corrected chi connectivity index (χ1v) is 10.7. The van der Waals surface area contributed by atoms with Gasteiger partial charge < -0.3 is 19.5 Å². The zero-order valence-electron chi connectivity index (χ0n) is 17.8. The average molecular weight is 440 g/mol. The first-order valence-electron chi connectivity index (χ1n) is 9.71. The van der Waals surface area contributed by atoms with Crippen LogP contribution < -0.4 is 19.5 Å². The molecule has 0 spiro atoms. The maximum Gasteiger partial charge on any atom is 0.230 e. The number of hydrogen-bond acceptors (Lipinski definition) is 7. The number of benzene rings is 2. The molecule has 31 heavy (non-hydrogen) atoms. The molecule has 0 radical (unpaired) electrons. The molecule has 0 unspecified atom stereocenters. The maximum absolute atomic E-state index is 12.1. The van der Waals surface area contributed by atoms with E-state index in [-0.39, 0.29) is 11.7 Å². The van der Waals surface area contributed by atoms with E-state index < -0.39 is 0 Å². The maximum atomic E-state index is 12.1. The summed E-state index contributed by atoms with van der Waals surface area (Å²) in [4.78, 5) is 12.1. The average Bonchev–Trinajstić information content (AvgIpc) is 2.83. The highest BCUT2D eigenvalue weighted by Crippen LogP contribution is 2.27. The third-order valence-corrected chi connectivity index (χ3v) is 5.48. The molecule has 8 heteroatoms. The number of thioether (sulfide) groups is 1. The number of amides is 1. The van der Waals surface area contributed by atoms with Crippen LogP contribution in [0.3, 0.4) is 0 Å². The molecule has 2 aromatic carbocycles. The Hall–Kier alpha value is -3.26. The number of nitrogens with zero attached hydrogens (tertiary/aromatic N) is 2. The van der Waals surface area contributed by atoms with Crippen LogP contribution >= 0.6 is 11.8 Å². The van der Waals surface area contributed by atoms with Crippen LogP contribution in [0.15, 0.2) is 59.6 Å². The highest BCUT2D eigenvalue weighted by molar-refractivity contribution is 7.99. The summed E-state index contributed by atoms with van der Waals surface area (Å²) < 4.78 is 15.7. The molecule has 1 aromatic heterocycles. The summed E-state index contributed by atoms with van der Waals surface area (Å²) >= 11 is 1.35. The Bertz CT molecular complexity index is 995. The molecule has 0 saturated carbocycles. The number of rotatable bonds is 10. The van der Waals surface area contributed by atoms with Crippen molar-refractivity contribution in [3.05, 3.63) is 60.2 Å². The van der Waals surface area contributed by atoms with Gasteiger partial charge in [-0.3, -0.25) is 4.79 Å². The van der Waals surface area contributed by atoms with Crippen molar-refractivity contribution in [3.63, 3.8) is 0 Å². The Kier molecular flexibility index (Phi) is 8.12. The van der Waals surface area contributed by atoms with Crippen LogP contribution in [-0.4, -0.2) is 49.7 Å². The zero-order valence-corrected chi connectivity index (χ0v) is 18.6. The lowest BCUT2D eigenvalue weighted by Gasteiger charge is -2.10. The quantitative estimate of drug-likeness (QED) is 0.483. The van der Waals surface area contributed by atoms with Gasteiger partial charge in [-0.15, -0.1) is 10.2 Å². The van der Waals surface area contributed by atoms with Crippen molar-refractivity contribution >= 4 is 17.7 Å². The fourth-order valence-electron chi connectivity index (χ4n) is 2.89. The van der Waals surface area contributed by atoms with Gasteiger partial charge in [0.25, 0.3) is 0 Å². The van der Waals surface area contributed by atoms with Gasteiger partial charge in [0.15, 0.2) is 11.5 Å². The standard InChI is InChI=1S/C23H25N3O4S/c1-28-18-7-5-17(6-8-18)19-9-11-23(26-25-19)31-15-22(27)24-13-12-16-4-10-20(29-2)21(14-16)30-3/h4-11,14H,12-13,15H2,1-3H3,(H,24,27). The van der Waals surface area contributed by atoms with E-state index in [1.165, 1.54) is 11.8 Å². The summed E-state index contributed by atoms with van der Waals surface area (Å²) in [5.41, 5.74) is 2.79. The Morgan fingerprint density at radius 2 is 1.68 bits per heavy atom. The highest BCUT2D eigenvalue weighted by atomic mass is 32.2.